The summed E-state index contributed by atoms with van der Waals surface area (Å²) in [5.41, 5.74) is 5.44. The van der Waals surface area contributed by atoms with Gasteiger partial charge in [-0.3, -0.25) is 9.98 Å². The number of aryl methyl sites for hydroxylation is 4. The van der Waals surface area contributed by atoms with Crippen molar-refractivity contribution in [1.29, 1.82) is 0 Å². The molecule has 0 N–H and O–H groups in total. The van der Waals surface area contributed by atoms with Crippen molar-refractivity contribution in [2.75, 3.05) is 0 Å². The number of pyridine rings is 2. The predicted molar refractivity (Wildman–Crippen MR) is 151 cm³/mol. The first-order chi connectivity index (χ1) is 16.3. The summed E-state index contributed by atoms with van der Waals surface area (Å²) in [4.78, 5) is 8.73. The van der Waals surface area contributed by atoms with Crippen LogP contribution in [0.5, 0.6) is 0 Å². The second-order valence-electron chi connectivity index (χ2n) is 8.61. The van der Waals surface area contributed by atoms with E-state index in [-0.39, 0.29) is 58.8 Å². The number of hydrogen-bond donors (Lipinski definition) is 0. The van der Waals surface area contributed by atoms with Crippen molar-refractivity contribution >= 4 is 67.9 Å². The van der Waals surface area contributed by atoms with Crippen molar-refractivity contribution in [3.63, 3.8) is 0 Å². The fraction of sp³-hybridized carbons (Fsp3) is 0.214. The zero-order chi connectivity index (χ0) is 24.2. The molecule has 0 radical (unpaired) electrons. The number of rotatable bonds is 6. The summed E-state index contributed by atoms with van der Waals surface area (Å²) < 4.78 is 3.77. The zero-order valence-electron chi connectivity index (χ0n) is 20.8. The number of benzene rings is 2. The number of aromatic nitrogens is 2. The fourth-order valence-corrected chi connectivity index (χ4v) is 4.03. The van der Waals surface area contributed by atoms with E-state index in [1.165, 1.54) is 0 Å². The molecule has 0 saturated carbocycles. The van der Waals surface area contributed by atoms with Crippen molar-refractivity contribution in [2.24, 2.45) is 9.98 Å². The summed E-state index contributed by atoms with van der Waals surface area (Å²) in [6.45, 7) is 8.32. The summed E-state index contributed by atoms with van der Waals surface area (Å²) in [6.07, 6.45) is 3.80. The Morgan fingerprint density at radius 2 is 1.03 bits per heavy atom. The Morgan fingerprint density at radius 3 is 1.39 bits per heavy atom. The average molecular weight is 614 g/mol. The van der Waals surface area contributed by atoms with Crippen LogP contribution in [0.25, 0.3) is 10.8 Å². The van der Waals surface area contributed by atoms with Crippen molar-refractivity contribution in [3.8, 4) is 0 Å². The van der Waals surface area contributed by atoms with Crippen LogP contribution in [0, 0.1) is 27.7 Å². The van der Waals surface area contributed by atoms with Crippen LogP contribution in [0.3, 0.4) is 0 Å². The molecular formula is C28H30Br2N4O2. The molecule has 4 rings (SSSR count). The molecule has 0 bridgehead atoms. The Bertz CT molecular complexity index is 1330. The van der Waals surface area contributed by atoms with Crippen LogP contribution in [0.1, 0.15) is 22.5 Å². The van der Waals surface area contributed by atoms with Crippen LogP contribution in [-0.2, 0) is 13.1 Å². The van der Waals surface area contributed by atoms with Gasteiger partial charge in [0.2, 0.25) is 0 Å². The largest absolute Gasteiger partial charge is 0.857 e. The van der Waals surface area contributed by atoms with Crippen molar-refractivity contribution in [1.82, 2.24) is 0 Å². The van der Waals surface area contributed by atoms with Gasteiger partial charge in [-0.15, -0.1) is 34.0 Å². The molecule has 36 heavy (non-hydrogen) atoms. The zero-order valence-corrected chi connectivity index (χ0v) is 24.2. The van der Waals surface area contributed by atoms with Gasteiger partial charge in [-0.25, -0.2) is 0 Å². The molecule has 0 unspecified atom stereocenters. The lowest BCUT2D eigenvalue weighted by atomic mass is 10.1. The molecule has 188 valence electrons. The van der Waals surface area contributed by atoms with Crippen LogP contribution in [-0.4, -0.2) is 11.8 Å². The summed E-state index contributed by atoms with van der Waals surface area (Å²) >= 11 is 0. The highest BCUT2D eigenvalue weighted by Crippen LogP contribution is 2.32. The highest BCUT2D eigenvalue weighted by atomic mass is 79.9. The second-order valence-corrected chi connectivity index (χ2v) is 8.61. The highest BCUT2D eigenvalue weighted by molar-refractivity contribution is 8.93. The molecule has 2 heterocycles. The van der Waals surface area contributed by atoms with Crippen LogP contribution >= 0.6 is 34.0 Å². The van der Waals surface area contributed by atoms with E-state index in [0.29, 0.717) is 11.4 Å². The van der Waals surface area contributed by atoms with E-state index in [4.69, 9.17) is 0 Å². The highest BCUT2D eigenvalue weighted by Gasteiger charge is 2.09. The SMILES string of the molecule is Br.Br.Cc1cc[n+](CC([O-])=Nc2cccc3c(N=C([O-])C[n+]4ccc(C)cc4C)cccc23)c(C)c1. The Balaban J connectivity index is 0.00000228. The van der Waals surface area contributed by atoms with Gasteiger partial charge in [0.15, 0.2) is 36.9 Å². The standard InChI is InChI=1S/C28H28N4O2.2BrH/c1-19-11-13-31(21(3)15-19)17-27(33)29-25-9-5-8-24-23(25)7-6-10-26(24)30-28(34)18-32-14-12-20(2)16-22(32)4;;/h5-16H,17-18H2,1-4H3;2*1H. The smallest absolute Gasteiger partial charge is 0.178 e. The molecule has 0 amide bonds. The quantitative estimate of drug-likeness (QED) is 0.187. The van der Waals surface area contributed by atoms with Crippen LogP contribution < -0.4 is 19.3 Å². The summed E-state index contributed by atoms with van der Waals surface area (Å²) in [6, 6.07) is 19.1. The van der Waals surface area contributed by atoms with Gasteiger partial charge in [-0.05, 0) is 37.1 Å². The van der Waals surface area contributed by atoms with Gasteiger partial charge in [0.05, 0.1) is 11.4 Å². The van der Waals surface area contributed by atoms with Gasteiger partial charge in [-0.2, -0.15) is 9.13 Å². The van der Waals surface area contributed by atoms with Gasteiger partial charge in [-0.1, -0.05) is 24.3 Å². The van der Waals surface area contributed by atoms with E-state index < -0.39 is 0 Å². The first kappa shape index (κ1) is 29.1. The lowest BCUT2D eigenvalue weighted by Crippen LogP contribution is -2.44. The lowest BCUT2D eigenvalue weighted by molar-refractivity contribution is -0.693. The van der Waals surface area contributed by atoms with Crippen LogP contribution in [0.15, 0.2) is 83.0 Å². The van der Waals surface area contributed by atoms with Crippen molar-refractivity contribution in [3.05, 3.63) is 95.6 Å². The molecule has 0 spiro atoms. The minimum absolute atomic E-state index is 0. The predicted octanol–water partition coefficient (Wildman–Crippen LogP) is 3.99. The Morgan fingerprint density at radius 1 is 0.639 bits per heavy atom. The van der Waals surface area contributed by atoms with Gasteiger partial charge in [0.25, 0.3) is 0 Å². The van der Waals surface area contributed by atoms with Crippen molar-refractivity contribution < 1.29 is 19.3 Å². The summed E-state index contributed by atoms with van der Waals surface area (Å²) in [5.74, 6) is -0.483. The van der Waals surface area contributed by atoms with Crippen LogP contribution in [0.2, 0.25) is 0 Å². The van der Waals surface area contributed by atoms with E-state index in [1.54, 1.807) is 0 Å². The molecule has 8 heteroatoms. The monoisotopic (exact) mass is 612 g/mol. The van der Waals surface area contributed by atoms with E-state index in [0.717, 1.165) is 33.3 Å². The molecule has 0 saturated heterocycles. The molecule has 0 aliphatic carbocycles. The summed E-state index contributed by atoms with van der Waals surface area (Å²) in [7, 11) is 0. The Kier molecular flexibility index (Phi) is 10.3. The Hall–Kier alpha value is -3.10. The maximum Gasteiger partial charge on any atom is 0.178 e. The van der Waals surface area contributed by atoms with E-state index in [1.807, 2.05) is 110 Å². The number of nitrogens with zero attached hydrogens (tertiary/aromatic N) is 4. The molecule has 0 aliphatic rings. The van der Waals surface area contributed by atoms with Gasteiger partial charge in [0, 0.05) is 60.7 Å². The molecular weight excluding hydrogens is 584 g/mol. The molecule has 0 atom stereocenters. The maximum atomic E-state index is 12.7. The number of fused-ring (bicyclic) bond motifs is 1. The maximum absolute atomic E-state index is 12.7. The van der Waals surface area contributed by atoms with E-state index in [9.17, 15) is 10.2 Å². The van der Waals surface area contributed by atoms with Gasteiger partial charge in [0.1, 0.15) is 0 Å². The Labute approximate surface area is 232 Å². The topological polar surface area (TPSA) is 78.6 Å². The minimum Gasteiger partial charge on any atom is -0.857 e. The minimum atomic E-state index is -0.242. The molecule has 0 aliphatic heterocycles. The third-order valence-electron chi connectivity index (χ3n) is 5.79. The lowest BCUT2D eigenvalue weighted by Gasteiger charge is -2.12. The molecule has 2 aromatic carbocycles. The number of hydrogen-bond acceptors (Lipinski definition) is 4. The van der Waals surface area contributed by atoms with E-state index >= 15 is 0 Å². The molecule has 0 fully saturated rings. The fourth-order valence-electron chi connectivity index (χ4n) is 4.03. The summed E-state index contributed by atoms with van der Waals surface area (Å²) in [5, 5.41) is 27.0. The molecule has 4 aromatic rings. The van der Waals surface area contributed by atoms with Crippen molar-refractivity contribution in [2.45, 2.75) is 40.8 Å². The second kappa shape index (κ2) is 12.7. The average Bonchev–Trinajstić information content (AvgIpc) is 2.78. The number of aliphatic imine (C=N–C) groups is 2. The van der Waals surface area contributed by atoms with Crippen LogP contribution in [0.4, 0.5) is 11.4 Å². The normalized spacial score (nSPS) is 11.7. The third kappa shape index (κ3) is 6.98. The first-order valence-corrected chi connectivity index (χ1v) is 11.2. The molecule has 6 nitrogen and oxygen atoms in total. The third-order valence-corrected chi connectivity index (χ3v) is 5.79. The molecule has 2 aromatic heterocycles. The first-order valence-electron chi connectivity index (χ1n) is 11.2. The van der Waals surface area contributed by atoms with E-state index in [2.05, 4.69) is 9.98 Å². The number of halogens is 2. The van der Waals surface area contributed by atoms with Gasteiger partial charge < -0.3 is 10.2 Å². The van der Waals surface area contributed by atoms with Gasteiger partial charge >= 0.3 is 0 Å².